The van der Waals surface area contributed by atoms with Crippen molar-refractivity contribution in [1.29, 1.82) is 0 Å². The molecule has 0 amide bonds. The van der Waals surface area contributed by atoms with Gasteiger partial charge >= 0.3 is 5.97 Å². The molecule has 0 aliphatic rings. The van der Waals surface area contributed by atoms with Crippen LogP contribution in [-0.4, -0.2) is 39.4 Å². The number of carbonyl (C=O) groups is 1. The molecule has 19 heavy (non-hydrogen) atoms. The van der Waals surface area contributed by atoms with Crippen molar-refractivity contribution >= 4 is 5.97 Å². The van der Waals surface area contributed by atoms with Crippen LogP contribution in [0.15, 0.2) is 24.3 Å². The molecule has 0 fully saturated rings. The third-order valence-electron chi connectivity index (χ3n) is 2.42. The largest absolute Gasteiger partial charge is 0.497 e. The molecule has 0 atom stereocenters. The molecule has 0 radical (unpaired) electrons. The summed E-state index contributed by atoms with van der Waals surface area (Å²) in [5, 5.41) is 3.26. The van der Waals surface area contributed by atoms with Crippen LogP contribution in [0.4, 0.5) is 0 Å². The van der Waals surface area contributed by atoms with Crippen LogP contribution in [0.3, 0.4) is 0 Å². The number of ether oxygens (including phenoxy) is 3. The van der Waals surface area contributed by atoms with E-state index >= 15 is 0 Å². The zero-order valence-electron chi connectivity index (χ0n) is 11.5. The fraction of sp³-hybridized carbons (Fsp3) is 0.500. The molecule has 0 heterocycles. The van der Waals surface area contributed by atoms with Crippen molar-refractivity contribution in [2.45, 2.75) is 13.5 Å². The van der Waals surface area contributed by atoms with Crippen LogP contribution in [0.25, 0.3) is 0 Å². The molecule has 1 N–H and O–H groups in total. The van der Waals surface area contributed by atoms with Gasteiger partial charge in [0.1, 0.15) is 12.4 Å². The van der Waals surface area contributed by atoms with E-state index in [1.54, 1.807) is 7.11 Å². The van der Waals surface area contributed by atoms with Crippen LogP contribution in [-0.2, 0) is 20.8 Å². The number of nitrogens with one attached hydrogen (secondary N) is 1. The zero-order chi connectivity index (χ0) is 13.9. The van der Waals surface area contributed by atoms with Gasteiger partial charge in [0.2, 0.25) is 0 Å². The van der Waals surface area contributed by atoms with E-state index in [4.69, 9.17) is 14.2 Å². The van der Waals surface area contributed by atoms with Gasteiger partial charge in [-0.2, -0.15) is 0 Å². The number of rotatable bonds is 9. The van der Waals surface area contributed by atoms with Gasteiger partial charge in [0.05, 0.1) is 20.3 Å². The van der Waals surface area contributed by atoms with Crippen LogP contribution in [0.5, 0.6) is 5.75 Å². The van der Waals surface area contributed by atoms with E-state index in [1.807, 2.05) is 24.3 Å². The number of benzene rings is 1. The molecule has 0 aromatic heterocycles. The Balaban J connectivity index is 2.02. The maximum atomic E-state index is 10.5. The minimum atomic E-state index is -0.278. The Labute approximate surface area is 113 Å². The van der Waals surface area contributed by atoms with E-state index in [1.165, 1.54) is 12.5 Å². The molecule has 0 bridgehead atoms. The molecule has 1 rings (SSSR count). The summed E-state index contributed by atoms with van der Waals surface area (Å²) in [7, 11) is 1.66. The smallest absolute Gasteiger partial charge is 0.302 e. The summed E-state index contributed by atoms with van der Waals surface area (Å²) in [6, 6.07) is 7.92. The first-order valence-electron chi connectivity index (χ1n) is 6.27. The van der Waals surface area contributed by atoms with Gasteiger partial charge in [-0.05, 0) is 17.7 Å². The van der Waals surface area contributed by atoms with Gasteiger partial charge in [-0.1, -0.05) is 12.1 Å². The van der Waals surface area contributed by atoms with Crippen molar-refractivity contribution in [2.75, 3.05) is 33.5 Å². The molecule has 5 heteroatoms. The number of hydrogen-bond acceptors (Lipinski definition) is 5. The molecule has 0 aliphatic carbocycles. The Morgan fingerprint density at radius 3 is 2.84 bits per heavy atom. The second-order valence-corrected chi connectivity index (χ2v) is 3.98. The van der Waals surface area contributed by atoms with Crippen LogP contribution in [0.1, 0.15) is 12.5 Å². The molecule has 1 aromatic carbocycles. The van der Waals surface area contributed by atoms with Crippen LogP contribution in [0, 0.1) is 0 Å². The monoisotopic (exact) mass is 267 g/mol. The Hall–Kier alpha value is -1.59. The van der Waals surface area contributed by atoms with Gasteiger partial charge in [-0.25, -0.2) is 0 Å². The highest BCUT2D eigenvalue weighted by Crippen LogP contribution is 2.11. The minimum Gasteiger partial charge on any atom is -0.497 e. The van der Waals surface area contributed by atoms with E-state index in [-0.39, 0.29) is 5.97 Å². The number of methoxy groups -OCH3 is 1. The highest BCUT2D eigenvalue weighted by Gasteiger charge is 1.96. The Bertz CT molecular complexity index is 381. The van der Waals surface area contributed by atoms with Crippen molar-refractivity contribution < 1.29 is 19.0 Å². The third-order valence-corrected chi connectivity index (χ3v) is 2.42. The lowest BCUT2D eigenvalue weighted by Gasteiger charge is -2.07. The zero-order valence-corrected chi connectivity index (χ0v) is 11.5. The molecular weight excluding hydrogens is 246 g/mol. The standard InChI is InChI=1S/C14H21NO4/c1-12(16)19-9-8-18-7-6-15-11-13-4-3-5-14(10-13)17-2/h3-5,10,15H,6-9,11H2,1-2H3. The van der Waals surface area contributed by atoms with E-state index < -0.39 is 0 Å². The Morgan fingerprint density at radius 1 is 1.26 bits per heavy atom. The Morgan fingerprint density at radius 2 is 2.11 bits per heavy atom. The molecular formula is C14H21NO4. The number of hydrogen-bond donors (Lipinski definition) is 1. The van der Waals surface area contributed by atoms with Crippen LogP contribution < -0.4 is 10.1 Å². The molecule has 0 unspecified atom stereocenters. The van der Waals surface area contributed by atoms with Gasteiger partial charge in [-0.15, -0.1) is 0 Å². The van der Waals surface area contributed by atoms with Crippen molar-refractivity contribution in [2.24, 2.45) is 0 Å². The lowest BCUT2D eigenvalue weighted by molar-refractivity contribution is -0.142. The quantitative estimate of drug-likeness (QED) is 0.541. The first kappa shape index (κ1) is 15.5. The molecule has 106 valence electrons. The number of carbonyl (C=O) groups excluding carboxylic acids is 1. The van der Waals surface area contributed by atoms with E-state index in [2.05, 4.69) is 5.32 Å². The summed E-state index contributed by atoms with van der Waals surface area (Å²) in [6.07, 6.45) is 0. The van der Waals surface area contributed by atoms with Gasteiger partial charge < -0.3 is 19.5 Å². The lowest BCUT2D eigenvalue weighted by atomic mass is 10.2. The topological polar surface area (TPSA) is 56.8 Å². The average molecular weight is 267 g/mol. The molecule has 0 spiro atoms. The first-order chi connectivity index (χ1) is 9.22. The summed E-state index contributed by atoms with van der Waals surface area (Å²) in [5.41, 5.74) is 1.17. The summed E-state index contributed by atoms with van der Waals surface area (Å²) < 4.78 is 15.2. The van der Waals surface area contributed by atoms with Gasteiger partial charge in [0.25, 0.3) is 0 Å². The van der Waals surface area contributed by atoms with Crippen molar-refractivity contribution in [3.8, 4) is 5.75 Å². The number of esters is 1. The molecule has 0 saturated carbocycles. The first-order valence-corrected chi connectivity index (χ1v) is 6.27. The average Bonchev–Trinajstić information content (AvgIpc) is 2.41. The van der Waals surface area contributed by atoms with Crippen LogP contribution in [0.2, 0.25) is 0 Å². The second-order valence-electron chi connectivity index (χ2n) is 3.98. The van der Waals surface area contributed by atoms with Crippen molar-refractivity contribution in [3.05, 3.63) is 29.8 Å². The van der Waals surface area contributed by atoms with Crippen molar-refractivity contribution in [1.82, 2.24) is 5.32 Å². The SMILES string of the molecule is COc1cccc(CNCCOCCOC(C)=O)c1. The maximum Gasteiger partial charge on any atom is 0.302 e. The van der Waals surface area contributed by atoms with Crippen molar-refractivity contribution in [3.63, 3.8) is 0 Å². The molecule has 5 nitrogen and oxygen atoms in total. The van der Waals surface area contributed by atoms with Gasteiger partial charge in [-0.3, -0.25) is 4.79 Å². The fourth-order valence-corrected chi connectivity index (χ4v) is 1.51. The van der Waals surface area contributed by atoms with E-state index in [0.29, 0.717) is 19.8 Å². The highest BCUT2D eigenvalue weighted by molar-refractivity contribution is 5.65. The predicted molar refractivity (Wildman–Crippen MR) is 72.2 cm³/mol. The summed E-state index contributed by atoms with van der Waals surface area (Å²) >= 11 is 0. The maximum absolute atomic E-state index is 10.5. The summed E-state index contributed by atoms with van der Waals surface area (Å²) in [6.45, 7) is 4.23. The lowest BCUT2D eigenvalue weighted by Crippen LogP contribution is -2.20. The summed E-state index contributed by atoms with van der Waals surface area (Å²) in [5.74, 6) is 0.580. The van der Waals surface area contributed by atoms with Gasteiger partial charge in [0.15, 0.2) is 0 Å². The van der Waals surface area contributed by atoms with Crippen LogP contribution >= 0.6 is 0 Å². The van der Waals surface area contributed by atoms with Gasteiger partial charge in [0, 0.05) is 20.0 Å². The Kier molecular flexibility index (Phi) is 7.62. The summed E-state index contributed by atoms with van der Waals surface area (Å²) in [4.78, 5) is 10.5. The molecule has 0 aliphatic heterocycles. The normalized spacial score (nSPS) is 10.2. The highest BCUT2D eigenvalue weighted by atomic mass is 16.6. The predicted octanol–water partition coefficient (Wildman–Crippen LogP) is 1.36. The fourth-order valence-electron chi connectivity index (χ4n) is 1.51. The third kappa shape index (κ3) is 7.43. The minimum absolute atomic E-state index is 0.278. The van der Waals surface area contributed by atoms with E-state index in [9.17, 15) is 4.79 Å². The van der Waals surface area contributed by atoms with E-state index in [0.717, 1.165) is 18.8 Å². The molecule has 1 aromatic rings. The molecule has 0 saturated heterocycles. The second kappa shape index (κ2) is 9.35.